The molecule has 0 aliphatic heterocycles. The molecule has 0 aliphatic carbocycles. The van der Waals surface area contributed by atoms with Crippen molar-refractivity contribution in [3.63, 3.8) is 0 Å². The van der Waals surface area contributed by atoms with Crippen molar-refractivity contribution in [1.29, 1.82) is 0 Å². The van der Waals surface area contributed by atoms with E-state index < -0.39 is 6.10 Å². The van der Waals surface area contributed by atoms with Crippen molar-refractivity contribution in [2.45, 2.75) is 200 Å². The number of unbranched alkanes of at least 4 members (excludes halogenated alkanes) is 14. The van der Waals surface area contributed by atoms with Crippen LogP contribution in [0.2, 0.25) is 0 Å². The first-order chi connectivity index (χ1) is 29.5. The first-order valence-electron chi connectivity index (χ1n) is 23.9. The molecule has 0 aromatic rings. The highest BCUT2D eigenvalue weighted by Gasteiger charge is 2.19. The fourth-order valence-corrected chi connectivity index (χ4v) is 6.01. The Morgan fingerprint density at radius 3 is 1.32 bits per heavy atom. The van der Waals surface area contributed by atoms with Crippen LogP contribution in [0.15, 0.2) is 109 Å². The highest BCUT2D eigenvalue weighted by atomic mass is 16.6. The summed E-state index contributed by atoms with van der Waals surface area (Å²) < 4.78 is 16.6. The number of rotatable bonds is 41. The largest absolute Gasteiger partial charge is 0.462 e. The lowest BCUT2D eigenvalue weighted by Gasteiger charge is -2.18. The molecule has 0 rings (SSSR count). The first kappa shape index (κ1) is 56.1. The molecule has 60 heavy (non-hydrogen) atoms. The van der Waals surface area contributed by atoms with Gasteiger partial charge in [-0.05, 0) is 96.3 Å². The third kappa shape index (κ3) is 45.2. The van der Waals surface area contributed by atoms with E-state index in [1.54, 1.807) is 0 Å². The van der Waals surface area contributed by atoms with E-state index in [0.29, 0.717) is 12.8 Å². The van der Waals surface area contributed by atoms with Gasteiger partial charge in [0, 0.05) is 19.3 Å². The molecule has 0 bridgehead atoms. The number of ether oxygens (including phenoxy) is 3. The molecule has 1 atom stereocenters. The van der Waals surface area contributed by atoms with Crippen LogP contribution in [0, 0.1) is 0 Å². The van der Waals surface area contributed by atoms with Crippen molar-refractivity contribution in [1.82, 2.24) is 0 Å². The summed E-state index contributed by atoms with van der Waals surface area (Å²) in [6, 6.07) is 0. The minimum Gasteiger partial charge on any atom is -0.462 e. The Balaban J connectivity index is 4.55. The lowest BCUT2D eigenvalue weighted by atomic mass is 10.1. The Morgan fingerprint density at radius 1 is 0.367 bits per heavy atom. The molecule has 0 heterocycles. The highest BCUT2D eigenvalue weighted by Crippen LogP contribution is 2.12. The van der Waals surface area contributed by atoms with Gasteiger partial charge in [0.25, 0.3) is 0 Å². The van der Waals surface area contributed by atoms with Gasteiger partial charge in [-0.2, -0.15) is 0 Å². The van der Waals surface area contributed by atoms with Crippen LogP contribution in [0.1, 0.15) is 194 Å². The van der Waals surface area contributed by atoms with Crippen LogP contribution in [-0.4, -0.2) is 37.2 Å². The van der Waals surface area contributed by atoms with E-state index in [-0.39, 0.29) is 44.0 Å². The van der Waals surface area contributed by atoms with Crippen molar-refractivity contribution in [3.05, 3.63) is 109 Å². The summed E-state index contributed by atoms with van der Waals surface area (Å²) in [5.74, 6) is -1.05. The van der Waals surface area contributed by atoms with E-state index in [1.165, 1.54) is 38.5 Å². The predicted octanol–water partition coefficient (Wildman–Crippen LogP) is 15.6. The van der Waals surface area contributed by atoms with Gasteiger partial charge < -0.3 is 14.2 Å². The molecule has 0 fully saturated rings. The van der Waals surface area contributed by atoms with Gasteiger partial charge in [-0.1, -0.05) is 188 Å². The van der Waals surface area contributed by atoms with Crippen LogP contribution in [0.4, 0.5) is 0 Å². The fourth-order valence-electron chi connectivity index (χ4n) is 6.01. The second kappa shape index (κ2) is 47.7. The molecule has 0 radical (unpaired) electrons. The fraction of sp³-hybridized carbons (Fsp3) is 0.611. The normalized spacial score (nSPS) is 13.1. The number of carbonyl (C=O) groups is 3. The Bertz CT molecular complexity index is 1280. The van der Waals surface area contributed by atoms with Gasteiger partial charge in [0.2, 0.25) is 0 Å². The number of carbonyl (C=O) groups excluding carboxylic acids is 3. The Hall–Kier alpha value is -3.93. The second-order valence-electron chi connectivity index (χ2n) is 15.3. The SMILES string of the molecule is CC\C=C/C=C\C=C/CCCCCCCC(=O)OC(COC(=O)CC/C=C\C/C=C\CCCCCCCC)COC(=O)CCCCC/C=C\C/C=C\C/C=C\C/C=C\CC. The van der Waals surface area contributed by atoms with E-state index in [1.807, 2.05) is 12.2 Å². The van der Waals surface area contributed by atoms with E-state index in [4.69, 9.17) is 14.2 Å². The van der Waals surface area contributed by atoms with Crippen LogP contribution < -0.4 is 0 Å². The van der Waals surface area contributed by atoms with Crippen LogP contribution in [-0.2, 0) is 28.6 Å². The highest BCUT2D eigenvalue weighted by molar-refractivity contribution is 5.71. The lowest BCUT2D eigenvalue weighted by Crippen LogP contribution is -2.30. The number of hydrogen-bond donors (Lipinski definition) is 0. The predicted molar refractivity (Wildman–Crippen MR) is 256 cm³/mol. The van der Waals surface area contributed by atoms with Crippen molar-refractivity contribution in [2.24, 2.45) is 0 Å². The summed E-state index contributed by atoms with van der Waals surface area (Å²) >= 11 is 0. The molecule has 0 aromatic carbocycles. The molecule has 0 spiro atoms. The van der Waals surface area contributed by atoms with Crippen molar-refractivity contribution in [3.8, 4) is 0 Å². The zero-order valence-corrected chi connectivity index (χ0v) is 38.4. The Labute approximate surface area is 368 Å². The number of esters is 3. The molecule has 6 heteroatoms. The van der Waals surface area contributed by atoms with E-state index >= 15 is 0 Å². The van der Waals surface area contributed by atoms with Crippen molar-refractivity contribution < 1.29 is 28.6 Å². The van der Waals surface area contributed by atoms with Gasteiger partial charge in [-0.25, -0.2) is 0 Å². The van der Waals surface area contributed by atoms with Crippen LogP contribution in [0.25, 0.3) is 0 Å². The number of allylic oxidation sites excluding steroid dienone is 18. The van der Waals surface area contributed by atoms with Crippen molar-refractivity contribution in [2.75, 3.05) is 13.2 Å². The summed E-state index contributed by atoms with van der Waals surface area (Å²) in [6.07, 6.45) is 63.7. The zero-order chi connectivity index (χ0) is 43.7. The number of hydrogen-bond acceptors (Lipinski definition) is 6. The standard InChI is InChI=1S/C54H86O6/c1-4-7-10-13-16-19-22-25-26-27-30-32-35-38-41-44-47-53(56)59-50-51(60-54(57)48-45-42-39-36-33-29-24-21-18-15-12-9-6-3)49-58-52(55)46-43-40-37-34-31-28-23-20-17-14-11-8-5-2/h7,9-10,12,15-16,18-19,21,24-26,28,30-32,37,40,51H,4-6,8,11,13-14,17,20,22-23,27,29,33-36,38-39,41-50H2,1-3H3/b10-7-,12-9-,18-15-,19-16-,24-21-,26-25-,31-28-,32-30-,40-37-. The van der Waals surface area contributed by atoms with E-state index in [0.717, 1.165) is 109 Å². The molecule has 0 amide bonds. The molecular formula is C54H86O6. The maximum atomic E-state index is 12.7. The van der Waals surface area contributed by atoms with E-state index in [2.05, 4.69) is 118 Å². The minimum atomic E-state index is -0.825. The van der Waals surface area contributed by atoms with Gasteiger partial charge in [0.05, 0.1) is 0 Å². The third-order valence-corrected chi connectivity index (χ3v) is 9.57. The average Bonchev–Trinajstić information content (AvgIpc) is 3.24. The molecule has 1 unspecified atom stereocenters. The maximum absolute atomic E-state index is 12.7. The molecule has 6 nitrogen and oxygen atoms in total. The summed E-state index contributed by atoms with van der Waals surface area (Å²) in [5.41, 5.74) is 0. The minimum absolute atomic E-state index is 0.123. The first-order valence-corrected chi connectivity index (χ1v) is 23.9. The second-order valence-corrected chi connectivity index (χ2v) is 15.3. The van der Waals surface area contributed by atoms with Crippen molar-refractivity contribution >= 4 is 17.9 Å². The van der Waals surface area contributed by atoms with Crippen LogP contribution in [0.3, 0.4) is 0 Å². The van der Waals surface area contributed by atoms with Crippen LogP contribution in [0.5, 0.6) is 0 Å². The quantitative estimate of drug-likeness (QED) is 0.0201. The molecule has 338 valence electrons. The van der Waals surface area contributed by atoms with Gasteiger partial charge >= 0.3 is 17.9 Å². The van der Waals surface area contributed by atoms with Crippen LogP contribution >= 0.6 is 0 Å². The van der Waals surface area contributed by atoms with Gasteiger partial charge in [-0.15, -0.1) is 0 Å². The Kier molecular flexibility index (Phi) is 44.6. The zero-order valence-electron chi connectivity index (χ0n) is 38.4. The summed E-state index contributed by atoms with van der Waals surface area (Å²) in [5, 5.41) is 0. The molecule has 0 aliphatic rings. The molecule has 0 N–H and O–H groups in total. The van der Waals surface area contributed by atoms with Gasteiger partial charge in [0.15, 0.2) is 6.10 Å². The molecule has 0 aromatic heterocycles. The summed E-state index contributed by atoms with van der Waals surface area (Å²) in [6.45, 7) is 6.26. The summed E-state index contributed by atoms with van der Waals surface area (Å²) in [7, 11) is 0. The molecule has 0 saturated heterocycles. The van der Waals surface area contributed by atoms with E-state index in [9.17, 15) is 14.4 Å². The molecular weight excluding hydrogens is 745 g/mol. The average molecular weight is 831 g/mol. The topological polar surface area (TPSA) is 78.9 Å². The Morgan fingerprint density at radius 2 is 0.767 bits per heavy atom. The van der Waals surface area contributed by atoms with Gasteiger partial charge in [-0.3, -0.25) is 14.4 Å². The smallest absolute Gasteiger partial charge is 0.306 e. The maximum Gasteiger partial charge on any atom is 0.306 e. The lowest BCUT2D eigenvalue weighted by molar-refractivity contribution is -0.166. The van der Waals surface area contributed by atoms with Gasteiger partial charge in [0.1, 0.15) is 13.2 Å². The summed E-state index contributed by atoms with van der Waals surface area (Å²) in [4.78, 5) is 37.8. The molecule has 0 saturated carbocycles. The monoisotopic (exact) mass is 831 g/mol. The third-order valence-electron chi connectivity index (χ3n) is 9.57.